The normalized spacial score (nSPS) is 18.3. The van der Waals surface area contributed by atoms with Crippen LogP contribution in [0.5, 0.6) is 0 Å². The van der Waals surface area contributed by atoms with Gasteiger partial charge in [0.25, 0.3) is 0 Å². The summed E-state index contributed by atoms with van der Waals surface area (Å²) in [4.78, 5) is 20.1. The Hall–Kier alpha value is -2.36. The number of amides is 1. The Bertz CT molecular complexity index is 1040. The summed E-state index contributed by atoms with van der Waals surface area (Å²) in [7, 11) is 0. The van der Waals surface area contributed by atoms with E-state index in [4.69, 9.17) is 12.2 Å². The van der Waals surface area contributed by atoms with Gasteiger partial charge in [0.15, 0.2) is 5.11 Å². The topological polar surface area (TPSA) is 57.3 Å². The fourth-order valence-electron chi connectivity index (χ4n) is 3.42. The summed E-state index contributed by atoms with van der Waals surface area (Å²) >= 11 is 10.8. The van der Waals surface area contributed by atoms with Crippen molar-refractivity contribution >= 4 is 56.2 Å². The Kier molecular flexibility index (Phi) is 6.40. The summed E-state index contributed by atoms with van der Waals surface area (Å²) in [6.07, 6.45) is 2.01. The Labute approximate surface area is 191 Å². The summed E-state index contributed by atoms with van der Waals surface area (Å²) < 4.78 is 14.1. The largest absolute Gasteiger partial charge is 0.352 e. The van der Waals surface area contributed by atoms with Crippen molar-refractivity contribution in [2.24, 2.45) is 0 Å². The first-order chi connectivity index (χ1) is 14.5. The van der Waals surface area contributed by atoms with E-state index in [0.29, 0.717) is 17.3 Å². The standard InChI is InChI=1S/C21H18BrFN4OS2/c22-17-9-8-16(30-17)20-19(15-3-1-2-11-24-15)26-21(29)27(20)12-10-18(28)25-14-6-4-13(23)5-7-14/h1-9,11,19-20H,10,12H2,(H,25,28)(H,26,29)/t19-,20+/m1/s1. The Morgan fingerprint density at radius 3 is 2.70 bits per heavy atom. The highest BCUT2D eigenvalue weighted by Gasteiger charge is 2.40. The molecule has 0 radical (unpaired) electrons. The number of aromatic nitrogens is 1. The minimum atomic E-state index is -0.341. The first-order valence-corrected chi connectivity index (χ1v) is 11.3. The third kappa shape index (κ3) is 4.69. The van der Waals surface area contributed by atoms with Crippen LogP contribution in [0.25, 0.3) is 0 Å². The number of rotatable bonds is 6. The fraction of sp³-hybridized carbons (Fsp3) is 0.190. The molecule has 1 saturated heterocycles. The van der Waals surface area contributed by atoms with Crippen molar-refractivity contribution in [3.8, 4) is 0 Å². The van der Waals surface area contributed by atoms with Crippen LogP contribution >= 0.6 is 39.5 Å². The zero-order valence-electron chi connectivity index (χ0n) is 15.7. The quantitative estimate of drug-likeness (QED) is 0.460. The van der Waals surface area contributed by atoms with Crippen LogP contribution in [0.3, 0.4) is 0 Å². The monoisotopic (exact) mass is 504 g/mol. The number of hydrogen-bond donors (Lipinski definition) is 2. The second-order valence-corrected chi connectivity index (χ2v) is 9.65. The number of thiophene rings is 1. The summed E-state index contributed by atoms with van der Waals surface area (Å²) in [6, 6.07) is 15.4. The number of benzene rings is 1. The number of nitrogens with one attached hydrogen (secondary N) is 2. The second-order valence-electron chi connectivity index (χ2n) is 6.77. The van der Waals surface area contributed by atoms with Crippen molar-refractivity contribution in [2.45, 2.75) is 18.5 Å². The molecular formula is C21H18BrFN4OS2. The van der Waals surface area contributed by atoms with Gasteiger partial charge in [-0.1, -0.05) is 6.07 Å². The van der Waals surface area contributed by atoms with Gasteiger partial charge in [-0.25, -0.2) is 4.39 Å². The molecule has 1 aliphatic rings. The average molecular weight is 505 g/mol. The summed E-state index contributed by atoms with van der Waals surface area (Å²) in [6.45, 7) is 0.447. The molecule has 2 atom stereocenters. The van der Waals surface area contributed by atoms with Gasteiger partial charge in [-0.2, -0.15) is 0 Å². The Morgan fingerprint density at radius 2 is 2.03 bits per heavy atom. The molecule has 0 aliphatic carbocycles. The number of pyridine rings is 1. The van der Waals surface area contributed by atoms with Crippen molar-refractivity contribution in [3.63, 3.8) is 0 Å². The Morgan fingerprint density at radius 1 is 1.23 bits per heavy atom. The van der Waals surface area contributed by atoms with Crippen LogP contribution < -0.4 is 10.6 Å². The summed E-state index contributed by atoms with van der Waals surface area (Å²) in [5.41, 5.74) is 1.46. The molecule has 1 aromatic carbocycles. The number of thiocarbonyl (C=S) groups is 1. The van der Waals surface area contributed by atoms with Crippen LogP contribution in [0.4, 0.5) is 10.1 Å². The third-order valence-electron chi connectivity index (χ3n) is 4.79. The second kappa shape index (κ2) is 9.20. The van der Waals surface area contributed by atoms with Gasteiger partial charge in [-0.3, -0.25) is 9.78 Å². The van der Waals surface area contributed by atoms with Gasteiger partial charge in [0, 0.05) is 29.7 Å². The molecular weight excluding hydrogens is 487 g/mol. The van der Waals surface area contributed by atoms with Crippen LogP contribution in [0.15, 0.2) is 64.6 Å². The number of carbonyl (C=O) groups is 1. The lowest BCUT2D eigenvalue weighted by molar-refractivity contribution is -0.116. The van der Waals surface area contributed by atoms with Crippen molar-refractivity contribution in [2.75, 3.05) is 11.9 Å². The zero-order valence-corrected chi connectivity index (χ0v) is 18.9. The number of hydrogen-bond acceptors (Lipinski definition) is 4. The zero-order chi connectivity index (χ0) is 21.1. The highest BCUT2D eigenvalue weighted by atomic mass is 79.9. The summed E-state index contributed by atoms with van der Waals surface area (Å²) in [5, 5.41) is 6.76. The van der Waals surface area contributed by atoms with E-state index < -0.39 is 0 Å². The first kappa shape index (κ1) is 20.9. The van der Waals surface area contributed by atoms with Crippen LogP contribution in [0.2, 0.25) is 0 Å². The van der Waals surface area contributed by atoms with Crippen LogP contribution in [0.1, 0.15) is 29.1 Å². The maximum absolute atomic E-state index is 13.1. The van der Waals surface area contributed by atoms with E-state index in [0.717, 1.165) is 14.4 Å². The highest BCUT2D eigenvalue weighted by Crippen LogP contribution is 2.42. The molecule has 0 bridgehead atoms. The number of nitrogens with zero attached hydrogens (tertiary/aromatic N) is 2. The van der Waals surface area contributed by atoms with Gasteiger partial charge in [0.05, 0.1) is 21.6 Å². The maximum atomic E-state index is 13.1. The molecule has 154 valence electrons. The van der Waals surface area contributed by atoms with E-state index >= 15 is 0 Å². The van der Waals surface area contributed by atoms with Crippen LogP contribution in [0, 0.1) is 5.82 Å². The molecule has 1 amide bonds. The van der Waals surface area contributed by atoms with E-state index in [1.807, 2.05) is 29.2 Å². The van der Waals surface area contributed by atoms with Gasteiger partial charge in [-0.15, -0.1) is 11.3 Å². The predicted molar refractivity (Wildman–Crippen MR) is 124 cm³/mol. The molecule has 1 aliphatic heterocycles. The lowest BCUT2D eigenvalue weighted by atomic mass is 10.0. The van der Waals surface area contributed by atoms with Crippen molar-refractivity contribution < 1.29 is 9.18 Å². The average Bonchev–Trinajstić information content (AvgIpc) is 3.31. The fourth-order valence-corrected chi connectivity index (χ4v) is 5.33. The van der Waals surface area contributed by atoms with Gasteiger partial charge >= 0.3 is 0 Å². The van der Waals surface area contributed by atoms with E-state index in [-0.39, 0.29) is 30.2 Å². The molecule has 30 heavy (non-hydrogen) atoms. The van der Waals surface area contributed by atoms with Crippen LogP contribution in [-0.2, 0) is 4.79 Å². The molecule has 0 spiro atoms. The minimum Gasteiger partial charge on any atom is -0.352 e. The third-order valence-corrected chi connectivity index (χ3v) is 6.84. The van der Waals surface area contributed by atoms with Gasteiger partial charge in [0.1, 0.15) is 5.82 Å². The predicted octanol–water partition coefficient (Wildman–Crippen LogP) is 5.05. The molecule has 5 nitrogen and oxygen atoms in total. The molecule has 2 aromatic heterocycles. The lowest BCUT2D eigenvalue weighted by Gasteiger charge is -2.26. The SMILES string of the molecule is O=C(CCN1C(=S)N[C@H](c2ccccn2)[C@@H]1c1ccc(Br)s1)Nc1ccc(F)cc1. The molecule has 2 N–H and O–H groups in total. The van der Waals surface area contributed by atoms with Gasteiger partial charge in [-0.05, 0) is 76.7 Å². The molecule has 1 fully saturated rings. The molecule has 3 aromatic rings. The number of halogens is 2. The minimum absolute atomic E-state index is 0.0673. The lowest BCUT2D eigenvalue weighted by Crippen LogP contribution is -2.32. The smallest absolute Gasteiger partial charge is 0.226 e. The molecule has 0 unspecified atom stereocenters. The van der Waals surface area contributed by atoms with Crippen molar-refractivity contribution in [1.29, 1.82) is 0 Å². The van der Waals surface area contributed by atoms with Gasteiger partial charge in [0.2, 0.25) is 5.91 Å². The van der Waals surface area contributed by atoms with Crippen molar-refractivity contribution in [1.82, 2.24) is 15.2 Å². The van der Waals surface area contributed by atoms with E-state index in [9.17, 15) is 9.18 Å². The molecule has 3 heterocycles. The van der Waals surface area contributed by atoms with Crippen molar-refractivity contribution in [3.05, 3.63) is 81.0 Å². The molecule has 4 rings (SSSR count). The highest BCUT2D eigenvalue weighted by molar-refractivity contribution is 9.11. The molecule has 9 heteroatoms. The van der Waals surface area contributed by atoms with Gasteiger partial charge < -0.3 is 15.5 Å². The van der Waals surface area contributed by atoms with E-state index in [2.05, 4.69) is 37.6 Å². The van der Waals surface area contributed by atoms with E-state index in [1.165, 1.54) is 12.1 Å². The number of carbonyl (C=O) groups excluding carboxylic acids is 1. The number of anilines is 1. The first-order valence-electron chi connectivity index (χ1n) is 9.30. The summed E-state index contributed by atoms with van der Waals surface area (Å²) in [5.74, 6) is -0.496. The maximum Gasteiger partial charge on any atom is 0.226 e. The van der Waals surface area contributed by atoms with E-state index in [1.54, 1.807) is 29.7 Å². The molecule has 0 saturated carbocycles. The Balaban J connectivity index is 1.51. The van der Waals surface area contributed by atoms with Crippen LogP contribution in [-0.4, -0.2) is 27.4 Å².